The molecule has 0 unspecified atom stereocenters. The number of urea groups is 1. The molecule has 0 bridgehead atoms. The topological polar surface area (TPSA) is 84.5 Å². The average molecular weight is 338 g/mol. The zero-order valence-corrected chi connectivity index (χ0v) is 13.3. The second-order valence-corrected chi connectivity index (χ2v) is 6.09. The van der Waals surface area contributed by atoms with Crippen molar-refractivity contribution in [3.63, 3.8) is 0 Å². The number of hydrogen-bond acceptors (Lipinski definition) is 4. The van der Waals surface area contributed by atoms with E-state index in [1.54, 1.807) is 12.1 Å². The summed E-state index contributed by atoms with van der Waals surface area (Å²) < 4.78 is 40.0. The molecule has 0 heterocycles. The van der Waals surface area contributed by atoms with Crippen LogP contribution in [-0.4, -0.2) is 21.6 Å². The summed E-state index contributed by atoms with van der Waals surface area (Å²) in [4.78, 5) is 11.4. The Morgan fingerprint density at radius 2 is 1.74 bits per heavy atom. The Labute approximate surface area is 133 Å². The van der Waals surface area contributed by atoms with Gasteiger partial charge in [-0.05, 0) is 37.3 Å². The number of benzene rings is 2. The predicted octanol–water partition coefficient (Wildman–Crippen LogP) is 3.31. The van der Waals surface area contributed by atoms with Crippen molar-refractivity contribution in [2.75, 3.05) is 17.7 Å². The fourth-order valence-electron chi connectivity index (χ4n) is 1.86. The normalized spacial score (nSPS) is 10.9. The Morgan fingerprint density at radius 3 is 2.30 bits per heavy atom. The minimum absolute atomic E-state index is 0.0378. The molecule has 2 aromatic rings. The molecule has 2 amide bonds. The number of carbonyl (C=O) groups is 1. The minimum Gasteiger partial charge on any atom is -0.495 e. The third-order valence-corrected chi connectivity index (χ3v) is 3.83. The van der Waals surface area contributed by atoms with Crippen molar-refractivity contribution in [3.8, 4) is 5.75 Å². The van der Waals surface area contributed by atoms with Crippen LogP contribution >= 0.6 is 0 Å². The molecule has 0 fully saturated rings. The number of methoxy groups -OCH3 is 1. The lowest BCUT2D eigenvalue weighted by atomic mass is 10.2. The van der Waals surface area contributed by atoms with Gasteiger partial charge in [-0.2, -0.15) is 8.42 Å². The molecule has 2 rings (SSSR count). The molecule has 0 aromatic heterocycles. The first kappa shape index (κ1) is 16.8. The highest BCUT2D eigenvalue weighted by molar-refractivity contribution is 7.86. The predicted molar refractivity (Wildman–Crippen MR) is 85.1 cm³/mol. The van der Waals surface area contributed by atoms with E-state index in [1.807, 2.05) is 19.1 Å². The molecule has 2 N–H and O–H groups in total. The van der Waals surface area contributed by atoms with E-state index in [-0.39, 0.29) is 11.4 Å². The van der Waals surface area contributed by atoms with Gasteiger partial charge in [0.25, 0.3) is 0 Å². The van der Waals surface area contributed by atoms with Crippen molar-refractivity contribution in [3.05, 3.63) is 48.0 Å². The Bertz CT molecular complexity index is 820. The highest BCUT2D eigenvalue weighted by atomic mass is 32.3. The highest BCUT2D eigenvalue weighted by Crippen LogP contribution is 2.28. The van der Waals surface area contributed by atoms with Crippen molar-refractivity contribution in [1.82, 2.24) is 0 Å². The maximum atomic E-state index is 13.1. The molecule has 2 aromatic carbocycles. The Balaban J connectivity index is 2.20. The first-order valence-corrected chi connectivity index (χ1v) is 7.95. The Kier molecular flexibility index (Phi) is 4.85. The highest BCUT2D eigenvalue weighted by Gasteiger charge is 2.16. The van der Waals surface area contributed by atoms with E-state index in [0.717, 1.165) is 17.7 Å². The number of halogens is 1. The van der Waals surface area contributed by atoms with Gasteiger partial charge in [0.2, 0.25) is 0 Å². The van der Waals surface area contributed by atoms with E-state index >= 15 is 0 Å². The van der Waals surface area contributed by atoms with Crippen LogP contribution in [0.1, 0.15) is 5.56 Å². The molecule has 0 spiro atoms. The van der Waals surface area contributed by atoms with E-state index in [1.165, 1.54) is 13.2 Å². The second-order valence-electron chi connectivity index (χ2n) is 4.75. The van der Waals surface area contributed by atoms with Crippen molar-refractivity contribution in [2.24, 2.45) is 0 Å². The molecule has 23 heavy (non-hydrogen) atoms. The first-order chi connectivity index (χ1) is 10.8. The van der Waals surface area contributed by atoms with Gasteiger partial charge in [-0.15, -0.1) is 3.89 Å². The fraction of sp³-hybridized carbons (Fsp3) is 0.133. The van der Waals surface area contributed by atoms with Crippen molar-refractivity contribution in [1.29, 1.82) is 0 Å². The lowest BCUT2D eigenvalue weighted by molar-refractivity contribution is 0.262. The van der Waals surface area contributed by atoms with Gasteiger partial charge < -0.3 is 15.4 Å². The molecule has 0 saturated heterocycles. The van der Waals surface area contributed by atoms with Crippen LogP contribution in [0, 0.1) is 6.92 Å². The number of carbonyl (C=O) groups excluding carboxylic acids is 1. The smallest absolute Gasteiger partial charge is 0.332 e. The van der Waals surface area contributed by atoms with Crippen molar-refractivity contribution in [2.45, 2.75) is 11.8 Å². The van der Waals surface area contributed by atoms with Crippen LogP contribution in [0.2, 0.25) is 0 Å². The molecule has 0 aliphatic rings. The zero-order chi connectivity index (χ0) is 17.0. The lowest BCUT2D eigenvalue weighted by Crippen LogP contribution is -2.20. The number of rotatable bonds is 4. The molecule has 6 nitrogen and oxygen atoms in total. The van der Waals surface area contributed by atoms with Gasteiger partial charge in [0, 0.05) is 5.69 Å². The molecule has 0 saturated carbocycles. The van der Waals surface area contributed by atoms with Gasteiger partial charge >= 0.3 is 16.3 Å². The standard InChI is InChI=1S/C15H15FN2O4S/c1-10-3-5-11(6-4-10)17-15(19)18-13-9-12(23(16,20)21)7-8-14(13)22-2/h3-9H,1-2H3,(H2,17,18,19). The number of ether oxygens (including phenoxy) is 1. The summed E-state index contributed by atoms with van der Waals surface area (Å²) >= 11 is 0. The molecule has 0 aliphatic heterocycles. The molecular formula is C15H15FN2O4S. The van der Waals surface area contributed by atoms with E-state index in [4.69, 9.17) is 4.74 Å². The van der Waals surface area contributed by atoms with E-state index < -0.39 is 21.1 Å². The summed E-state index contributed by atoms with van der Waals surface area (Å²) in [5.41, 5.74) is 1.63. The van der Waals surface area contributed by atoms with Crippen LogP contribution < -0.4 is 15.4 Å². The third-order valence-electron chi connectivity index (χ3n) is 3.01. The summed E-state index contributed by atoms with van der Waals surface area (Å²) in [5, 5.41) is 5.01. The SMILES string of the molecule is COc1ccc(S(=O)(=O)F)cc1NC(=O)Nc1ccc(C)cc1. The largest absolute Gasteiger partial charge is 0.495 e. The lowest BCUT2D eigenvalue weighted by Gasteiger charge is -2.12. The van der Waals surface area contributed by atoms with Crippen LogP contribution in [0.3, 0.4) is 0 Å². The summed E-state index contributed by atoms with van der Waals surface area (Å²) in [6.07, 6.45) is 0. The summed E-state index contributed by atoms with van der Waals surface area (Å²) in [6.45, 7) is 1.91. The van der Waals surface area contributed by atoms with Gasteiger partial charge in [-0.1, -0.05) is 17.7 Å². The van der Waals surface area contributed by atoms with Gasteiger partial charge in [-0.3, -0.25) is 0 Å². The molecule has 0 aliphatic carbocycles. The maximum Gasteiger partial charge on any atom is 0.332 e. The molecular weight excluding hydrogens is 323 g/mol. The van der Waals surface area contributed by atoms with Crippen molar-refractivity contribution < 1.29 is 21.8 Å². The van der Waals surface area contributed by atoms with Gasteiger partial charge in [0.1, 0.15) is 10.6 Å². The molecule has 8 heteroatoms. The number of aryl methyl sites for hydroxylation is 1. The zero-order valence-electron chi connectivity index (χ0n) is 12.5. The van der Waals surface area contributed by atoms with E-state index in [2.05, 4.69) is 10.6 Å². The van der Waals surface area contributed by atoms with Gasteiger partial charge in [0.15, 0.2) is 0 Å². The fourth-order valence-corrected chi connectivity index (χ4v) is 2.35. The van der Waals surface area contributed by atoms with Crippen LogP contribution in [-0.2, 0) is 10.2 Å². The van der Waals surface area contributed by atoms with Crippen LogP contribution in [0.5, 0.6) is 5.75 Å². The van der Waals surface area contributed by atoms with E-state index in [9.17, 15) is 17.1 Å². The Morgan fingerprint density at radius 1 is 1.09 bits per heavy atom. The van der Waals surface area contributed by atoms with Gasteiger partial charge in [-0.25, -0.2) is 4.79 Å². The number of nitrogens with one attached hydrogen (secondary N) is 2. The summed E-state index contributed by atoms with van der Waals surface area (Å²) in [7, 11) is -3.53. The minimum atomic E-state index is -4.88. The van der Waals surface area contributed by atoms with Crippen LogP contribution in [0.25, 0.3) is 0 Å². The number of anilines is 2. The third kappa shape index (κ3) is 4.43. The Hall–Kier alpha value is -2.61. The quantitative estimate of drug-likeness (QED) is 0.838. The van der Waals surface area contributed by atoms with E-state index in [0.29, 0.717) is 5.69 Å². The second kappa shape index (κ2) is 6.66. The van der Waals surface area contributed by atoms with Crippen molar-refractivity contribution >= 4 is 27.6 Å². The van der Waals surface area contributed by atoms with Gasteiger partial charge in [0.05, 0.1) is 12.8 Å². The first-order valence-electron chi connectivity index (χ1n) is 6.57. The summed E-state index contributed by atoms with van der Waals surface area (Å²) in [5.74, 6) is 0.205. The van der Waals surface area contributed by atoms with Crippen LogP contribution in [0.4, 0.5) is 20.1 Å². The summed E-state index contributed by atoms with van der Waals surface area (Å²) in [6, 6.07) is 9.77. The average Bonchev–Trinajstić information content (AvgIpc) is 2.48. The maximum absolute atomic E-state index is 13.1. The monoisotopic (exact) mass is 338 g/mol. The molecule has 122 valence electrons. The molecule has 0 radical (unpaired) electrons. The molecule has 0 atom stereocenters. The number of amides is 2. The van der Waals surface area contributed by atoms with Crippen LogP contribution in [0.15, 0.2) is 47.4 Å². The number of hydrogen-bond donors (Lipinski definition) is 2.